The number of ether oxygens (including phenoxy) is 2. The van der Waals surface area contributed by atoms with Gasteiger partial charge in [-0.1, -0.05) is 6.07 Å². The molecule has 2 rings (SSSR count). The molecule has 0 saturated carbocycles. The molecule has 0 amide bonds. The predicted molar refractivity (Wildman–Crippen MR) is 71.8 cm³/mol. The Bertz CT molecular complexity index is 674. The van der Waals surface area contributed by atoms with E-state index in [1.54, 1.807) is 19.1 Å². The lowest BCUT2D eigenvalue weighted by Gasteiger charge is -2.09. The third-order valence-corrected chi connectivity index (χ3v) is 2.82. The molecule has 1 aromatic carbocycles. The van der Waals surface area contributed by atoms with Crippen LogP contribution in [-0.4, -0.2) is 24.7 Å². The van der Waals surface area contributed by atoms with Crippen LogP contribution in [0.4, 0.5) is 8.78 Å². The Hall–Kier alpha value is -2.50. The first-order chi connectivity index (χ1) is 10.0. The summed E-state index contributed by atoms with van der Waals surface area (Å²) in [4.78, 5) is 15.2. The van der Waals surface area contributed by atoms with E-state index in [1.807, 2.05) is 0 Å². The lowest BCUT2D eigenvalue weighted by atomic mass is 10.1. The van der Waals surface area contributed by atoms with Crippen LogP contribution in [0, 0.1) is 18.6 Å². The van der Waals surface area contributed by atoms with Crippen LogP contribution >= 0.6 is 0 Å². The normalized spacial score (nSPS) is 10.3. The number of aromatic nitrogens is 1. The van der Waals surface area contributed by atoms with E-state index in [0.717, 1.165) is 12.1 Å². The second-order valence-electron chi connectivity index (χ2n) is 4.30. The molecule has 0 radical (unpaired) electrons. The molecule has 110 valence electrons. The standard InChI is InChI=1S/C15H13F2NO3/c1-9-3-6-13(21-8-14(19)20-2)18-15(9)11-5-4-10(16)7-12(11)17/h3-7H,8H2,1-2H3. The van der Waals surface area contributed by atoms with Gasteiger partial charge in [-0.25, -0.2) is 18.6 Å². The molecular formula is C15H13F2NO3. The second kappa shape index (κ2) is 6.30. The van der Waals surface area contributed by atoms with E-state index >= 15 is 0 Å². The average Bonchev–Trinajstić information content (AvgIpc) is 2.46. The minimum Gasteiger partial charge on any atom is -0.466 e. The van der Waals surface area contributed by atoms with E-state index < -0.39 is 17.6 Å². The van der Waals surface area contributed by atoms with Crippen molar-refractivity contribution in [3.63, 3.8) is 0 Å². The highest BCUT2D eigenvalue weighted by Crippen LogP contribution is 2.26. The third-order valence-electron chi connectivity index (χ3n) is 2.82. The van der Waals surface area contributed by atoms with E-state index in [-0.39, 0.29) is 18.1 Å². The van der Waals surface area contributed by atoms with Crippen molar-refractivity contribution in [3.8, 4) is 17.1 Å². The Labute approximate surface area is 120 Å². The van der Waals surface area contributed by atoms with Crippen LogP contribution in [0.3, 0.4) is 0 Å². The number of carbonyl (C=O) groups excluding carboxylic acids is 1. The molecule has 0 spiro atoms. The number of hydrogen-bond acceptors (Lipinski definition) is 4. The van der Waals surface area contributed by atoms with Gasteiger partial charge >= 0.3 is 5.97 Å². The molecule has 2 aromatic rings. The van der Waals surface area contributed by atoms with Gasteiger partial charge in [-0.3, -0.25) is 0 Å². The maximum atomic E-state index is 13.8. The summed E-state index contributed by atoms with van der Waals surface area (Å²) in [5.74, 6) is -1.76. The van der Waals surface area contributed by atoms with Crippen LogP contribution in [0.1, 0.15) is 5.56 Å². The molecule has 0 aliphatic carbocycles. The van der Waals surface area contributed by atoms with Crippen molar-refractivity contribution >= 4 is 5.97 Å². The maximum Gasteiger partial charge on any atom is 0.343 e. The van der Waals surface area contributed by atoms with Crippen molar-refractivity contribution in [1.29, 1.82) is 0 Å². The summed E-state index contributed by atoms with van der Waals surface area (Å²) in [5.41, 5.74) is 1.19. The summed E-state index contributed by atoms with van der Waals surface area (Å²) >= 11 is 0. The van der Waals surface area contributed by atoms with Gasteiger partial charge in [-0.05, 0) is 24.6 Å². The number of esters is 1. The Morgan fingerprint density at radius 1 is 1.24 bits per heavy atom. The number of aryl methyl sites for hydroxylation is 1. The fourth-order valence-corrected chi connectivity index (χ4v) is 1.74. The van der Waals surface area contributed by atoms with Crippen LogP contribution in [0.2, 0.25) is 0 Å². The van der Waals surface area contributed by atoms with Crippen LogP contribution in [-0.2, 0) is 9.53 Å². The summed E-state index contributed by atoms with van der Waals surface area (Å²) in [7, 11) is 1.24. The topological polar surface area (TPSA) is 48.4 Å². The zero-order chi connectivity index (χ0) is 15.4. The highest BCUT2D eigenvalue weighted by atomic mass is 19.1. The molecule has 21 heavy (non-hydrogen) atoms. The molecule has 0 bridgehead atoms. The number of benzene rings is 1. The zero-order valence-corrected chi connectivity index (χ0v) is 11.5. The van der Waals surface area contributed by atoms with Gasteiger partial charge in [0.1, 0.15) is 11.6 Å². The first-order valence-corrected chi connectivity index (χ1v) is 6.14. The molecule has 0 aliphatic rings. The maximum absolute atomic E-state index is 13.8. The van der Waals surface area contributed by atoms with Gasteiger partial charge in [0.2, 0.25) is 5.88 Å². The average molecular weight is 293 g/mol. The van der Waals surface area contributed by atoms with E-state index in [1.165, 1.54) is 13.2 Å². The largest absolute Gasteiger partial charge is 0.466 e. The summed E-state index contributed by atoms with van der Waals surface area (Å²) < 4.78 is 36.4. The van der Waals surface area contributed by atoms with Gasteiger partial charge in [0.25, 0.3) is 0 Å². The molecular weight excluding hydrogens is 280 g/mol. The lowest BCUT2D eigenvalue weighted by molar-refractivity contribution is -0.143. The molecule has 1 aromatic heterocycles. The van der Waals surface area contributed by atoms with E-state index in [9.17, 15) is 13.6 Å². The first-order valence-electron chi connectivity index (χ1n) is 6.14. The Morgan fingerprint density at radius 2 is 2.00 bits per heavy atom. The SMILES string of the molecule is COC(=O)COc1ccc(C)c(-c2ccc(F)cc2F)n1. The number of halogens is 2. The minimum absolute atomic E-state index is 0.157. The first kappa shape index (κ1) is 14.9. The number of pyridine rings is 1. The fraction of sp³-hybridized carbons (Fsp3) is 0.200. The number of methoxy groups -OCH3 is 1. The smallest absolute Gasteiger partial charge is 0.343 e. The van der Waals surface area contributed by atoms with Crippen LogP contribution in [0.15, 0.2) is 30.3 Å². The number of hydrogen-bond donors (Lipinski definition) is 0. The summed E-state index contributed by atoms with van der Waals surface area (Å²) in [6, 6.07) is 6.49. The number of rotatable bonds is 4. The lowest BCUT2D eigenvalue weighted by Crippen LogP contribution is -2.13. The zero-order valence-electron chi connectivity index (χ0n) is 11.5. The molecule has 0 atom stereocenters. The highest BCUT2D eigenvalue weighted by Gasteiger charge is 2.12. The quantitative estimate of drug-likeness (QED) is 0.813. The van der Waals surface area contributed by atoms with E-state index in [0.29, 0.717) is 11.3 Å². The number of carbonyl (C=O) groups is 1. The fourth-order valence-electron chi connectivity index (χ4n) is 1.74. The predicted octanol–water partition coefficient (Wildman–Crippen LogP) is 2.89. The van der Waals surface area contributed by atoms with Crippen molar-refractivity contribution in [2.75, 3.05) is 13.7 Å². The molecule has 1 heterocycles. The van der Waals surface area contributed by atoms with Gasteiger partial charge in [-0.15, -0.1) is 0 Å². The number of nitrogens with zero attached hydrogens (tertiary/aromatic N) is 1. The minimum atomic E-state index is -0.712. The van der Waals surface area contributed by atoms with Crippen molar-refractivity contribution < 1.29 is 23.0 Å². The van der Waals surface area contributed by atoms with Crippen LogP contribution in [0.25, 0.3) is 11.3 Å². The van der Waals surface area contributed by atoms with Gasteiger partial charge < -0.3 is 9.47 Å². The van der Waals surface area contributed by atoms with Crippen LogP contribution in [0.5, 0.6) is 5.88 Å². The van der Waals surface area contributed by atoms with Crippen molar-refractivity contribution in [2.45, 2.75) is 6.92 Å². The van der Waals surface area contributed by atoms with Crippen LogP contribution < -0.4 is 4.74 Å². The molecule has 0 unspecified atom stereocenters. The van der Waals surface area contributed by atoms with Crippen molar-refractivity contribution in [1.82, 2.24) is 4.98 Å². The summed E-state index contributed by atoms with van der Waals surface area (Å²) in [5, 5.41) is 0. The Morgan fingerprint density at radius 3 is 2.67 bits per heavy atom. The van der Waals surface area contributed by atoms with Gasteiger partial charge in [0, 0.05) is 17.7 Å². The molecule has 4 nitrogen and oxygen atoms in total. The molecule has 0 fully saturated rings. The van der Waals surface area contributed by atoms with Gasteiger partial charge in [0.05, 0.1) is 12.8 Å². The highest BCUT2D eigenvalue weighted by molar-refractivity contribution is 5.71. The molecule has 0 aliphatic heterocycles. The van der Waals surface area contributed by atoms with Gasteiger partial charge in [-0.2, -0.15) is 0 Å². The molecule has 6 heteroatoms. The van der Waals surface area contributed by atoms with E-state index in [4.69, 9.17) is 4.74 Å². The van der Waals surface area contributed by atoms with Crippen molar-refractivity contribution in [3.05, 3.63) is 47.5 Å². The van der Waals surface area contributed by atoms with Crippen molar-refractivity contribution in [2.24, 2.45) is 0 Å². The third kappa shape index (κ3) is 3.53. The Kier molecular flexibility index (Phi) is 4.47. The van der Waals surface area contributed by atoms with E-state index in [2.05, 4.69) is 9.72 Å². The monoisotopic (exact) mass is 293 g/mol. The Balaban J connectivity index is 2.32. The summed E-state index contributed by atoms with van der Waals surface area (Å²) in [6.07, 6.45) is 0. The molecule has 0 N–H and O–H groups in total. The molecule has 0 saturated heterocycles. The second-order valence-corrected chi connectivity index (χ2v) is 4.30. The van der Waals surface area contributed by atoms with Gasteiger partial charge in [0.15, 0.2) is 6.61 Å². The summed E-state index contributed by atoms with van der Waals surface area (Å²) in [6.45, 7) is 1.45.